The Morgan fingerprint density at radius 2 is 2.09 bits per heavy atom. The third-order valence-corrected chi connectivity index (χ3v) is 4.51. The molecule has 0 N–H and O–H groups in total. The molecule has 0 spiro atoms. The van der Waals surface area contributed by atoms with Crippen LogP contribution < -0.4 is 0 Å². The van der Waals surface area contributed by atoms with E-state index in [2.05, 4.69) is 15.9 Å². The van der Waals surface area contributed by atoms with Crippen molar-refractivity contribution in [3.63, 3.8) is 0 Å². The second-order valence-corrected chi connectivity index (χ2v) is 6.42. The van der Waals surface area contributed by atoms with Gasteiger partial charge in [0.25, 0.3) is 0 Å². The number of hydrogen-bond donors (Lipinski definition) is 0. The average Bonchev–Trinajstić information content (AvgIpc) is 3.00. The van der Waals surface area contributed by atoms with Crippen molar-refractivity contribution in [1.82, 2.24) is 0 Å². The molecule has 0 amide bonds. The number of benzene rings is 1. The topological polar surface area (TPSA) is 47.3 Å². The molecule has 1 aliphatic carbocycles. The van der Waals surface area contributed by atoms with Gasteiger partial charge in [-0.15, -0.1) is 0 Å². The van der Waals surface area contributed by atoms with Gasteiger partial charge >= 0.3 is 0 Å². The predicted octanol–water partition coefficient (Wildman–Crippen LogP) is 4.39. The van der Waals surface area contributed by atoms with Crippen LogP contribution in [0.3, 0.4) is 0 Å². The molecule has 0 saturated carbocycles. The van der Waals surface area contributed by atoms with Crippen molar-refractivity contribution in [2.75, 3.05) is 0 Å². The molecule has 0 aliphatic heterocycles. The number of Topliss-reactive ketones (excluding diaryl/α,β-unsaturated/α-hetero) is 1. The van der Waals surface area contributed by atoms with Crippen molar-refractivity contribution in [1.29, 1.82) is 0 Å². The molecular weight excluding hydrogens is 344 g/mol. The van der Waals surface area contributed by atoms with Gasteiger partial charge in [0.1, 0.15) is 11.5 Å². The molecule has 1 aromatic carbocycles. The summed E-state index contributed by atoms with van der Waals surface area (Å²) in [5, 5.41) is 0. The minimum atomic E-state index is -0.618. The van der Waals surface area contributed by atoms with Gasteiger partial charge in [-0.1, -0.05) is 28.1 Å². The van der Waals surface area contributed by atoms with Gasteiger partial charge in [0.15, 0.2) is 5.78 Å². The molecule has 4 heteroatoms. The van der Waals surface area contributed by atoms with E-state index in [0.717, 1.165) is 15.6 Å². The zero-order valence-electron chi connectivity index (χ0n) is 12.1. The molecule has 22 heavy (non-hydrogen) atoms. The number of rotatable bonds is 3. The Kier molecular flexibility index (Phi) is 4.12. The highest BCUT2D eigenvalue weighted by Crippen LogP contribution is 2.40. The van der Waals surface area contributed by atoms with Crippen LogP contribution in [0.5, 0.6) is 0 Å². The highest BCUT2D eigenvalue weighted by molar-refractivity contribution is 9.10. The maximum atomic E-state index is 12.5. The van der Waals surface area contributed by atoms with Crippen LogP contribution in [-0.2, 0) is 9.59 Å². The first-order valence-electron chi connectivity index (χ1n) is 7.10. The Bertz CT molecular complexity index is 743. The van der Waals surface area contributed by atoms with Crippen LogP contribution in [0.2, 0.25) is 0 Å². The number of carbonyl (C=O) groups is 2. The first-order valence-corrected chi connectivity index (χ1v) is 7.90. The predicted molar refractivity (Wildman–Crippen MR) is 87.4 cm³/mol. The van der Waals surface area contributed by atoms with Gasteiger partial charge in [0, 0.05) is 10.4 Å². The summed E-state index contributed by atoms with van der Waals surface area (Å²) in [6, 6.07) is 11.4. The molecule has 2 aromatic rings. The molecule has 0 bridgehead atoms. The van der Waals surface area contributed by atoms with Crippen molar-refractivity contribution in [2.45, 2.75) is 19.3 Å². The molecule has 2 atom stereocenters. The molecule has 3 nitrogen and oxygen atoms in total. The number of furan rings is 1. The van der Waals surface area contributed by atoms with Crippen LogP contribution >= 0.6 is 15.9 Å². The van der Waals surface area contributed by atoms with Crippen molar-refractivity contribution in [3.05, 3.63) is 64.5 Å². The van der Waals surface area contributed by atoms with Crippen LogP contribution in [0, 0.1) is 5.92 Å². The van der Waals surface area contributed by atoms with Crippen molar-refractivity contribution < 1.29 is 14.0 Å². The van der Waals surface area contributed by atoms with Crippen LogP contribution in [0.4, 0.5) is 0 Å². The van der Waals surface area contributed by atoms with E-state index in [4.69, 9.17) is 4.42 Å². The van der Waals surface area contributed by atoms with E-state index in [1.165, 1.54) is 6.92 Å². The van der Waals surface area contributed by atoms with E-state index < -0.39 is 5.92 Å². The van der Waals surface area contributed by atoms with E-state index in [0.29, 0.717) is 12.2 Å². The second-order valence-electron chi connectivity index (χ2n) is 5.50. The standard InChI is InChI=1S/C18H15BrO3/c1-11(20)18-15(12-4-2-5-14(19)8-12)9-13(10-16(18)21)17-6-3-7-22-17/h2-8,10,15,18H,9H2,1H3. The molecule has 0 saturated heterocycles. The minimum Gasteiger partial charge on any atom is -0.465 e. The summed E-state index contributed by atoms with van der Waals surface area (Å²) in [5.74, 6) is -0.323. The fourth-order valence-corrected chi connectivity index (χ4v) is 3.45. The number of halogens is 1. The van der Waals surface area contributed by atoms with Crippen LogP contribution in [-0.4, -0.2) is 11.6 Å². The molecule has 3 rings (SSSR count). The van der Waals surface area contributed by atoms with E-state index in [9.17, 15) is 9.59 Å². The quantitative estimate of drug-likeness (QED) is 0.764. The number of allylic oxidation sites excluding steroid dienone is 2. The zero-order chi connectivity index (χ0) is 15.7. The van der Waals surface area contributed by atoms with Crippen LogP contribution in [0.25, 0.3) is 5.57 Å². The summed E-state index contributed by atoms with van der Waals surface area (Å²) >= 11 is 3.45. The van der Waals surface area contributed by atoms with Gasteiger partial charge in [-0.05, 0) is 54.8 Å². The molecule has 0 radical (unpaired) electrons. The summed E-state index contributed by atoms with van der Waals surface area (Å²) in [7, 11) is 0. The largest absolute Gasteiger partial charge is 0.465 e. The summed E-state index contributed by atoms with van der Waals surface area (Å²) in [5.41, 5.74) is 1.83. The van der Waals surface area contributed by atoms with Gasteiger partial charge in [0.2, 0.25) is 0 Å². The second kappa shape index (κ2) is 6.05. The number of carbonyl (C=O) groups excluding carboxylic acids is 2. The highest BCUT2D eigenvalue weighted by Gasteiger charge is 2.37. The molecule has 1 aromatic heterocycles. The maximum absolute atomic E-state index is 12.5. The SMILES string of the molecule is CC(=O)C1C(=O)C=C(c2ccco2)CC1c1cccc(Br)c1. The fourth-order valence-electron chi connectivity index (χ4n) is 3.04. The van der Waals surface area contributed by atoms with Gasteiger partial charge in [-0.2, -0.15) is 0 Å². The Morgan fingerprint density at radius 1 is 1.27 bits per heavy atom. The van der Waals surface area contributed by atoms with Crippen molar-refractivity contribution >= 4 is 33.1 Å². The van der Waals surface area contributed by atoms with Crippen LogP contribution in [0.1, 0.15) is 30.6 Å². The zero-order valence-corrected chi connectivity index (χ0v) is 13.7. The minimum absolute atomic E-state index is 0.0929. The lowest BCUT2D eigenvalue weighted by Gasteiger charge is -2.28. The Morgan fingerprint density at radius 3 is 2.73 bits per heavy atom. The highest BCUT2D eigenvalue weighted by atomic mass is 79.9. The van der Waals surface area contributed by atoms with E-state index in [1.807, 2.05) is 30.3 Å². The van der Waals surface area contributed by atoms with E-state index in [-0.39, 0.29) is 17.5 Å². The molecule has 1 aliphatic rings. The maximum Gasteiger partial charge on any atom is 0.167 e. The molecule has 112 valence electrons. The summed E-state index contributed by atoms with van der Waals surface area (Å²) in [6.07, 6.45) is 3.76. The Labute approximate surface area is 137 Å². The third-order valence-electron chi connectivity index (χ3n) is 4.02. The monoisotopic (exact) mass is 358 g/mol. The Hall–Kier alpha value is -1.94. The van der Waals surface area contributed by atoms with Gasteiger partial charge in [-0.3, -0.25) is 9.59 Å². The lowest BCUT2D eigenvalue weighted by atomic mass is 9.73. The van der Waals surface area contributed by atoms with Crippen molar-refractivity contribution in [2.24, 2.45) is 5.92 Å². The van der Waals surface area contributed by atoms with Crippen molar-refractivity contribution in [3.8, 4) is 0 Å². The van der Waals surface area contributed by atoms with E-state index >= 15 is 0 Å². The fraction of sp³-hybridized carbons (Fsp3) is 0.222. The van der Waals surface area contributed by atoms with E-state index in [1.54, 1.807) is 18.4 Å². The first-order chi connectivity index (χ1) is 10.6. The summed E-state index contributed by atoms with van der Waals surface area (Å²) in [4.78, 5) is 24.4. The average molecular weight is 359 g/mol. The summed E-state index contributed by atoms with van der Waals surface area (Å²) < 4.78 is 6.35. The third kappa shape index (κ3) is 2.83. The van der Waals surface area contributed by atoms with Gasteiger partial charge in [-0.25, -0.2) is 0 Å². The number of ketones is 2. The molecular formula is C18H15BrO3. The van der Waals surface area contributed by atoms with Gasteiger partial charge in [0.05, 0.1) is 12.2 Å². The van der Waals surface area contributed by atoms with Gasteiger partial charge < -0.3 is 4.42 Å². The lowest BCUT2D eigenvalue weighted by Crippen LogP contribution is -2.31. The normalized spacial score (nSPS) is 21.5. The number of hydrogen-bond acceptors (Lipinski definition) is 3. The Balaban J connectivity index is 2.04. The smallest absolute Gasteiger partial charge is 0.167 e. The lowest BCUT2D eigenvalue weighted by molar-refractivity contribution is -0.130. The first kappa shape index (κ1) is 15.0. The summed E-state index contributed by atoms with van der Waals surface area (Å²) in [6.45, 7) is 1.49. The molecule has 2 unspecified atom stereocenters. The molecule has 1 heterocycles. The molecule has 0 fully saturated rings. The van der Waals surface area contributed by atoms with Crippen LogP contribution in [0.15, 0.2) is 57.6 Å².